The van der Waals surface area contributed by atoms with Gasteiger partial charge in [-0.25, -0.2) is 4.98 Å². The second kappa shape index (κ2) is 8.94. The van der Waals surface area contributed by atoms with Crippen LogP contribution in [0.25, 0.3) is 22.8 Å². The van der Waals surface area contributed by atoms with Crippen molar-refractivity contribution in [2.24, 2.45) is 0 Å². The fraction of sp³-hybridized carbons (Fsp3) is 0.269. The lowest BCUT2D eigenvalue weighted by atomic mass is 10.1. The van der Waals surface area contributed by atoms with Gasteiger partial charge in [0.25, 0.3) is 5.89 Å². The predicted octanol–water partition coefficient (Wildman–Crippen LogP) is 4.75. The molecule has 0 N–H and O–H groups in total. The smallest absolute Gasteiger partial charge is 0.259 e. The molecule has 0 unspecified atom stereocenters. The Balaban J connectivity index is 1.25. The van der Waals surface area contributed by atoms with Crippen molar-refractivity contribution in [2.75, 3.05) is 43.1 Å². The minimum atomic E-state index is 0.458. The summed E-state index contributed by atoms with van der Waals surface area (Å²) in [4.78, 5) is 14.0. The predicted molar refractivity (Wildman–Crippen MR) is 130 cm³/mol. The fourth-order valence-corrected chi connectivity index (χ4v) is 4.13. The first-order valence-corrected chi connectivity index (χ1v) is 11.1. The van der Waals surface area contributed by atoms with Gasteiger partial charge in [0.2, 0.25) is 5.82 Å². The second-order valence-electron chi connectivity index (χ2n) is 8.32. The van der Waals surface area contributed by atoms with Crippen LogP contribution in [0.2, 0.25) is 0 Å². The van der Waals surface area contributed by atoms with Gasteiger partial charge in [0.05, 0.1) is 12.7 Å². The highest BCUT2D eigenvalue weighted by Crippen LogP contribution is 2.26. The summed E-state index contributed by atoms with van der Waals surface area (Å²) >= 11 is 0. The molecule has 7 heteroatoms. The zero-order valence-electron chi connectivity index (χ0n) is 19.2. The van der Waals surface area contributed by atoms with Crippen molar-refractivity contribution in [3.05, 3.63) is 71.9 Å². The number of pyridine rings is 1. The van der Waals surface area contributed by atoms with Crippen LogP contribution in [0.3, 0.4) is 0 Å². The molecular weight excluding hydrogens is 414 g/mol. The van der Waals surface area contributed by atoms with E-state index in [0.717, 1.165) is 48.9 Å². The maximum Gasteiger partial charge on any atom is 0.259 e. The molecule has 0 radical (unpaired) electrons. The quantitative estimate of drug-likeness (QED) is 0.443. The van der Waals surface area contributed by atoms with E-state index < -0.39 is 0 Å². The van der Waals surface area contributed by atoms with Gasteiger partial charge >= 0.3 is 0 Å². The lowest BCUT2D eigenvalue weighted by Gasteiger charge is -2.37. The van der Waals surface area contributed by atoms with Crippen LogP contribution in [0.5, 0.6) is 5.75 Å². The number of aromatic nitrogens is 3. The van der Waals surface area contributed by atoms with Gasteiger partial charge in [-0.3, -0.25) is 0 Å². The number of benzene rings is 2. The van der Waals surface area contributed by atoms with Gasteiger partial charge in [0.1, 0.15) is 11.6 Å². The zero-order chi connectivity index (χ0) is 22.8. The van der Waals surface area contributed by atoms with Crippen LogP contribution in [0.15, 0.2) is 65.3 Å². The van der Waals surface area contributed by atoms with Crippen LogP contribution in [0, 0.1) is 13.8 Å². The van der Waals surface area contributed by atoms with Crippen molar-refractivity contribution in [1.29, 1.82) is 0 Å². The van der Waals surface area contributed by atoms with Crippen LogP contribution >= 0.6 is 0 Å². The van der Waals surface area contributed by atoms with E-state index in [1.54, 1.807) is 13.3 Å². The van der Waals surface area contributed by atoms with Crippen LogP contribution in [0.1, 0.15) is 11.1 Å². The Morgan fingerprint density at radius 1 is 0.848 bits per heavy atom. The molecule has 1 aliphatic heterocycles. The van der Waals surface area contributed by atoms with E-state index in [9.17, 15) is 0 Å². The Bertz CT molecular complexity index is 1230. The van der Waals surface area contributed by atoms with Crippen molar-refractivity contribution in [2.45, 2.75) is 13.8 Å². The summed E-state index contributed by atoms with van der Waals surface area (Å²) in [5, 5.41) is 4.11. The molecular formula is C26H27N5O2. The lowest BCUT2D eigenvalue weighted by Crippen LogP contribution is -2.47. The topological polar surface area (TPSA) is 67.5 Å². The lowest BCUT2D eigenvalue weighted by molar-refractivity contribution is 0.415. The highest BCUT2D eigenvalue weighted by Gasteiger charge is 2.20. The van der Waals surface area contributed by atoms with Gasteiger partial charge in [0, 0.05) is 43.6 Å². The van der Waals surface area contributed by atoms with E-state index in [1.165, 1.54) is 16.8 Å². The minimum absolute atomic E-state index is 0.458. The maximum absolute atomic E-state index is 5.48. The van der Waals surface area contributed by atoms with Gasteiger partial charge in [0.15, 0.2) is 0 Å². The van der Waals surface area contributed by atoms with Crippen LogP contribution in [0.4, 0.5) is 11.5 Å². The first-order valence-electron chi connectivity index (χ1n) is 11.1. The summed E-state index contributed by atoms with van der Waals surface area (Å²) in [5.41, 5.74) is 5.63. The van der Waals surface area contributed by atoms with Crippen LogP contribution in [-0.4, -0.2) is 48.4 Å². The average Bonchev–Trinajstić information content (AvgIpc) is 3.36. The molecule has 0 bridgehead atoms. The number of anilines is 2. The molecule has 4 aromatic rings. The van der Waals surface area contributed by atoms with E-state index >= 15 is 0 Å². The largest absolute Gasteiger partial charge is 0.497 e. The van der Waals surface area contributed by atoms with Crippen molar-refractivity contribution in [3.63, 3.8) is 0 Å². The number of ether oxygens (including phenoxy) is 1. The first-order chi connectivity index (χ1) is 16.1. The molecule has 33 heavy (non-hydrogen) atoms. The minimum Gasteiger partial charge on any atom is -0.497 e. The van der Waals surface area contributed by atoms with E-state index in [2.05, 4.69) is 57.0 Å². The zero-order valence-corrected chi connectivity index (χ0v) is 19.2. The summed E-state index contributed by atoms with van der Waals surface area (Å²) in [6.07, 6.45) is 1.80. The Hall–Kier alpha value is -3.87. The van der Waals surface area contributed by atoms with E-state index in [0.29, 0.717) is 11.7 Å². The van der Waals surface area contributed by atoms with Gasteiger partial charge in [-0.2, -0.15) is 4.98 Å². The highest BCUT2D eigenvalue weighted by molar-refractivity contribution is 5.61. The van der Waals surface area contributed by atoms with Gasteiger partial charge in [-0.05, 0) is 67.4 Å². The third-order valence-electron chi connectivity index (χ3n) is 6.08. The van der Waals surface area contributed by atoms with E-state index in [-0.39, 0.29) is 0 Å². The molecule has 0 saturated carbocycles. The fourth-order valence-electron chi connectivity index (χ4n) is 4.13. The van der Waals surface area contributed by atoms with Crippen molar-refractivity contribution >= 4 is 11.5 Å². The molecule has 0 aliphatic carbocycles. The van der Waals surface area contributed by atoms with Gasteiger partial charge in [-0.1, -0.05) is 17.3 Å². The summed E-state index contributed by atoms with van der Waals surface area (Å²) in [5.74, 6) is 2.75. The highest BCUT2D eigenvalue weighted by atomic mass is 16.5. The Morgan fingerprint density at radius 2 is 1.58 bits per heavy atom. The number of hydrogen-bond acceptors (Lipinski definition) is 7. The van der Waals surface area contributed by atoms with Crippen molar-refractivity contribution in [1.82, 2.24) is 15.1 Å². The molecule has 1 fully saturated rings. The van der Waals surface area contributed by atoms with Crippen LogP contribution in [-0.2, 0) is 0 Å². The van der Waals surface area contributed by atoms with Crippen molar-refractivity contribution in [3.8, 4) is 28.6 Å². The molecule has 5 rings (SSSR count). The number of rotatable bonds is 5. The molecule has 1 saturated heterocycles. The standard InChI is InChI=1S/C26H27N5O2/c1-18-4-5-19(2)23(16-18)30-12-14-31(15-13-30)24-11-8-21(17-27-24)26-28-25(29-33-26)20-6-9-22(32-3)10-7-20/h4-11,16-17H,12-15H2,1-3H3. The van der Waals surface area contributed by atoms with Gasteiger partial charge < -0.3 is 19.1 Å². The van der Waals surface area contributed by atoms with Crippen LogP contribution < -0.4 is 14.5 Å². The normalized spacial score (nSPS) is 13.9. The van der Waals surface area contributed by atoms with Gasteiger partial charge in [-0.15, -0.1) is 0 Å². The third kappa shape index (κ3) is 4.39. The Kier molecular flexibility index (Phi) is 5.69. The molecule has 3 heterocycles. The maximum atomic E-state index is 5.48. The molecule has 0 spiro atoms. The number of hydrogen-bond donors (Lipinski definition) is 0. The molecule has 0 amide bonds. The third-order valence-corrected chi connectivity index (χ3v) is 6.08. The summed E-state index contributed by atoms with van der Waals surface area (Å²) in [6.45, 7) is 8.14. The number of aryl methyl sites for hydroxylation is 2. The molecule has 0 atom stereocenters. The summed E-state index contributed by atoms with van der Waals surface area (Å²) < 4.78 is 10.7. The van der Waals surface area contributed by atoms with Crippen molar-refractivity contribution < 1.29 is 9.26 Å². The number of methoxy groups -OCH3 is 1. The van der Waals surface area contributed by atoms with E-state index in [4.69, 9.17) is 9.26 Å². The molecule has 7 nitrogen and oxygen atoms in total. The first kappa shape index (κ1) is 21.0. The molecule has 168 valence electrons. The number of piperazine rings is 1. The monoisotopic (exact) mass is 441 g/mol. The molecule has 2 aromatic heterocycles. The number of nitrogens with zero attached hydrogens (tertiary/aromatic N) is 5. The second-order valence-corrected chi connectivity index (χ2v) is 8.32. The molecule has 2 aromatic carbocycles. The average molecular weight is 442 g/mol. The SMILES string of the molecule is COc1ccc(-c2noc(-c3ccc(N4CCN(c5cc(C)ccc5C)CC4)nc3)n2)cc1. The Labute approximate surface area is 193 Å². The Morgan fingerprint density at radius 3 is 2.27 bits per heavy atom. The molecule has 1 aliphatic rings. The van der Waals surface area contributed by atoms with E-state index in [1.807, 2.05) is 36.4 Å². The summed E-state index contributed by atoms with van der Waals surface area (Å²) in [7, 11) is 1.64. The summed E-state index contributed by atoms with van der Waals surface area (Å²) in [6, 6.07) is 18.2.